The number of pyridine rings is 1. The van der Waals surface area contributed by atoms with Gasteiger partial charge in [0, 0.05) is 11.4 Å². The van der Waals surface area contributed by atoms with Crippen molar-refractivity contribution in [1.29, 1.82) is 0 Å². The molecule has 0 radical (unpaired) electrons. The van der Waals surface area contributed by atoms with Gasteiger partial charge in [-0.05, 0) is 49.7 Å². The Bertz CT molecular complexity index is 740. The van der Waals surface area contributed by atoms with Gasteiger partial charge >= 0.3 is 0 Å². The maximum atomic E-state index is 13.6. The van der Waals surface area contributed by atoms with Gasteiger partial charge in [0.1, 0.15) is 16.5 Å². The van der Waals surface area contributed by atoms with E-state index < -0.39 is 20.7 Å². The van der Waals surface area contributed by atoms with Crippen molar-refractivity contribution in [3.63, 3.8) is 0 Å². The lowest BCUT2D eigenvalue weighted by molar-refractivity contribution is 0.570. The van der Waals surface area contributed by atoms with Crippen LogP contribution in [0.15, 0.2) is 35.2 Å². The van der Waals surface area contributed by atoms with E-state index >= 15 is 0 Å². The summed E-state index contributed by atoms with van der Waals surface area (Å²) in [5.74, 6) is -0.722. The number of nitrogen functional groups attached to an aromatic ring is 1. The van der Waals surface area contributed by atoms with Gasteiger partial charge in [-0.15, -0.1) is 0 Å². The van der Waals surface area contributed by atoms with E-state index in [4.69, 9.17) is 5.73 Å². The van der Waals surface area contributed by atoms with Crippen molar-refractivity contribution in [1.82, 2.24) is 4.98 Å². The molecule has 2 aromatic rings. The SMILES string of the molecule is Cc1cc(C)nc(NS(=O)(=O)c2cc(N)ccc2F)c1. The fourth-order valence-electron chi connectivity index (χ4n) is 1.81. The van der Waals surface area contributed by atoms with Gasteiger partial charge in [-0.2, -0.15) is 0 Å². The van der Waals surface area contributed by atoms with Gasteiger partial charge in [0.2, 0.25) is 0 Å². The summed E-state index contributed by atoms with van der Waals surface area (Å²) in [6.45, 7) is 3.56. The Balaban J connectivity index is 2.43. The predicted octanol–water partition coefficient (Wildman–Crippen LogP) is 2.22. The largest absolute Gasteiger partial charge is 0.399 e. The van der Waals surface area contributed by atoms with E-state index in [1.54, 1.807) is 19.1 Å². The average molecular weight is 295 g/mol. The fraction of sp³-hybridized carbons (Fsp3) is 0.154. The van der Waals surface area contributed by atoms with E-state index in [0.29, 0.717) is 5.69 Å². The third kappa shape index (κ3) is 3.05. The highest BCUT2D eigenvalue weighted by molar-refractivity contribution is 7.92. The summed E-state index contributed by atoms with van der Waals surface area (Å²) in [6.07, 6.45) is 0. The molecule has 1 aromatic heterocycles. The molecule has 2 rings (SSSR count). The Morgan fingerprint density at radius 3 is 2.55 bits per heavy atom. The molecule has 0 amide bonds. The van der Waals surface area contributed by atoms with Crippen LogP contribution in [-0.2, 0) is 10.0 Å². The summed E-state index contributed by atoms with van der Waals surface area (Å²) < 4.78 is 40.2. The molecule has 3 N–H and O–H groups in total. The number of halogens is 1. The number of rotatable bonds is 3. The van der Waals surface area contributed by atoms with Crippen LogP contribution in [0.25, 0.3) is 0 Å². The maximum absolute atomic E-state index is 13.6. The third-order valence-corrected chi connectivity index (χ3v) is 3.95. The number of aromatic nitrogens is 1. The molecular formula is C13H14FN3O2S. The second-order valence-corrected chi connectivity index (χ2v) is 6.12. The van der Waals surface area contributed by atoms with Crippen LogP contribution >= 0.6 is 0 Å². The number of hydrogen-bond donors (Lipinski definition) is 2. The van der Waals surface area contributed by atoms with Crippen LogP contribution < -0.4 is 10.5 Å². The van der Waals surface area contributed by atoms with Gasteiger partial charge in [0.15, 0.2) is 0 Å². The number of hydrogen-bond acceptors (Lipinski definition) is 4. The average Bonchev–Trinajstić information content (AvgIpc) is 2.30. The molecule has 106 valence electrons. The predicted molar refractivity (Wildman–Crippen MR) is 75.3 cm³/mol. The van der Waals surface area contributed by atoms with Gasteiger partial charge in [0.25, 0.3) is 10.0 Å². The summed E-state index contributed by atoms with van der Waals surface area (Å²) in [7, 11) is -4.07. The smallest absolute Gasteiger partial charge is 0.266 e. The van der Waals surface area contributed by atoms with Crippen LogP contribution in [0.5, 0.6) is 0 Å². The van der Waals surface area contributed by atoms with E-state index in [2.05, 4.69) is 9.71 Å². The Hall–Kier alpha value is -2.15. The zero-order valence-electron chi connectivity index (χ0n) is 11.0. The molecule has 20 heavy (non-hydrogen) atoms. The first-order chi connectivity index (χ1) is 9.28. The summed E-state index contributed by atoms with van der Waals surface area (Å²) in [5, 5.41) is 0. The van der Waals surface area contributed by atoms with Crippen molar-refractivity contribution in [2.24, 2.45) is 0 Å². The van der Waals surface area contributed by atoms with Crippen molar-refractivity contribution in [2.45, 2.75) is 18.7 Å². The molecular weight excluding hydrogens is 281 g/mol. The highest BCUT2D eigenvalue weighted by Crippen LogP contribution is 2.21. The fourth-order valence-corrected chi connectivity index (χ4v) is 2.92. The van der Waals surface area contributed by atoms with Crippen LogP contribution in [0.3, 0.4) is 0 Å². The lowest BCUT2D eigenvalue weighted by Gasteiger charge is -2.10. The normalized spacial score (nSPS) is 11.3. The summed E-state index contributed by atoms with van der Waals surface area (Å²) in [4.78, 5) is 3.55. The Kier molecular flexibility index (Phi) is 3.63. The maximum Gasteiger partial charge on any atom is 0.266 e. The minimum absolute atomic E-state index is 0.143. The molecule has 0 unspecified atom stereocenters. The van der Waals surface area contributed by atoms with Gasteiger partial charge in [0.05, 0.1) is 0 Å². The lowest BCUT2D eigenvalue weighted by atomic mass is 10.2. The number of benzene rings is 1. The molecule has 0 bridgehead atoms. The number of anilines is 2. The van der Waals surface area contributed by atoms with Crippen LogP contribution in [0.1, 0.15) is 11.3 Å². The minimum atomic E-state index is -4.07. The Morgan fingerprint density at radius 1 is 1.20 bits per heavy atom. The zero-order valence-corrected chi connectivity index (χ0v) is 11.8. The Morgan fingerprint density at radius 2 is 1.90 bits per heavy atom. The first-order valence-electron chi connectivity index (χ1n) is 5.81. The molecule has 0 aliphatic carbocycles. The van der Waals surface area contributed by atoms with Crippen molar-refractivity contribution in [2.75, 3.05) is 10.5 Å². The standard InChI is InChI=1S/C13H14FN3O2S/c1-8-5-9(2)16-13(6-8)17-20(18,19)12-7-10(15)3-4-11(12)14/h3-7H,15H2,1-2H3,(H,16,17). The quantitative estimate of drug-likeness (QED) is 0.850. The monoisotopic (exact) mass is 295 g/mol. The van der Waals surface area contributed by atoms with E-state index in [-0.39, 0.29) is 11.5 Å². The lowest BCUT2D eigenvalue weighted by Crippen LogP contribution is -2.16. The van der Waals surface area contributed by atoms with E-state index in [1.165, 1.54) is 6.07 Å². The Labute approximate surface area is 116 Å². The number of nitrogens with two attached hydrogens (primary N) is 1. The van der Waals surface area contributed by atoms with Crippen molar-refractivity contribution in [3.8, 4) is 0 Å². The molecule has 0 spiro atoms. The second kappa shape index (κ2) is 5.09. The third-order valence-electron chi connectivity index (χ3n) is 2.58. The van der Waals surface area contributed by atoms with Gasteiger partial charge in [-0.25, -0.2) is 17.8 Å². The van der Waals surface area contributed by atoms with Crippen LogP contribution in [-0.4, -0.2) is 13.4 Å². The number of aryl methyl sites for hydroxylation is 2. The number of nitrogens with one attached hydrogen (secondary N) is 1. The molecule has 1 aromatic carbocycles. The van der Waals surface area contributed by atoms with Crippen LogP contribution in [0.4, 0.5) is 15.9 Å². The van der Waals surface area contributed by atoms with E-state index in [1.807, 2.05) is 6.92 Å². The van der Waals surface area contributed by atoms with E-state index in [9.17, 15) is 12.8 Å². The zero-order chi connectivity index (χ0) is 14.9. The molecule has 0 atom stereocenters. The van der Waals surface area contributed by atoms with Crippen LogP contribution in [0.2, 0.25) is 0 Å². The second-order valence-electron chi connectivity index (χ2n) is 4.47. The number of nitrogens with zero attached hydrogens (tertiary/aromatic N) is 1. The van der Waals surface area contributed by atoms with Gasteiger partial charge in [-0.3, -0.25) is 4.72 Å². The molecule has 0 aliphatic heterocycles. The highest BCUT2D eigenvalue weighted by Gasteiger charge is 2.20. The number of sulfonamides is 1. The van der Waals surface area contributed by atoms with Crippen molar-refractivity contribution >= 4 is 21.5 Å². The molecule has 1 heterocycles. The molecule has 7 heteroatoms. The summed E-state index contributed by atoms with van der Waals surface area (Å²) in [5.41, 5.74) is 7.17. The van der Waals surface area contributed by atoms with Gasteiger partial charge in [-0.1, -0.05) is 0 Å². The molecule has 5 nitrogen and oxygen atoms in total. The van der Waals surface area contributed by atoms with E-state index in [0.717, 1.165) is 17.7 Å². The topological polar surface area (TPSA) is 85.1 Å². The molecule has 0 saturated heterocycles. The first kappa shape index (κ1) is 14.3. The summed E-state index contributed by atoms with van der Waals surface area (Å²) in [6, 6.07) is 6.75. The highest BCUT2D eigenvalue weighted by atomic mass is 32.2. The molecule has 0 saturated carbocycles. The van der Waals surface area contributed by atoms with Gasteiger partial charge < -0.3 is 5.73 Å². The van der Waals surface area contributed by atoms with Crippen molar-refractivity contribution < 1.29 is 12.8 Å². The van der Waals surface area contributed by atoms with Crippen LogP contribution in [0, 0.1) is 19.7 Å². The minimum Gasteiger partial charge on any atom is -0.399 e. The first-order valence-corrected chi connectivity index (χ1v) is 7.29. The summed E-state index contributed by atoms with van der Waals surface area (Å²) >= 11 is 0. The van der Waals surface area contributed by atoms with Crippen molar-refractivity contribution in [3.05, 3.63) is 47.4 Å². The molecule has 0 aliphatic rings. The molecule has 0 fully saturated rings.